The SMILES string of the molecule is CCC1CCN(c2ccccc2N(C)C)CCC(C)N1. The molecule has 0 aromatic heterocycles. The van der Waals surface area contributed by atoms with Gasteiger partial charge in [-0.05, 0) is 38.3 Å². The summed E-state index contributed by atoms with van der Waals surface area (Å²) in [4.78, 5) is 4.78. The van der Waals surface area contributed by atoms with Crippen molar-refractivity contribution < 1.29 is 0 Å². The van der Waals surface area contributed by atoms with Crippen molar-refractivity contribution in [1.29, 1.82) is 0 Å². The molecule has 20 heavy (non-hydrogen) atoms. The molecule has 1 aliphatic heterocycles. The maximum Gasteiger partial charge on any atom is 0.0603 e. The molecule has 3 heteroatoms. The number of hydrogen-bond donors (Lipinski definition) is 1. The predicted molar refractivity (Wildman–Crippen MR) is 88.9 cm³/mol. The van der Waals surface area contributed by atoms with Gasteiger partial charge in [-0.25, -0.2) is 0 Å². The van der Waals surface area contributed by atoms with Crippen molar-refractivity contribution in [2.75, 3.05) is 37.0 Å². The van der Waals surface area contributed by atoms with Crippen LogP contribution in [0.4, 0.5) is 11.4 Å². The van der Waals surface area contributed by atoms with E-state index >= 15 is 0 Å². The number of nitrogens with one attached hydrogen (secondary N) is 1. The number of hydrogen-bond acceptors (Lipinski definition) is 3. The third-order valence-electron chi connectivity index (χ3n) is 4.30. The summed E-state index contributed by atoms with van der Waals surface area (Å²) in [6.45, 7) is 6.87. The minimum absolute atomic E-state index is 0.606. The van der Waals surface area contributed by atoms with Crippen molar-refractivity contribution in [3.63, 3.8) is 0 Å². The van der Waals surface area contributed by atoms with Crippen LogP contribution in [0.5, 0.6) is 0 Å². The number of anilines is 2. The second-order valence-electron chi connectivity index (χ2n) is 6.12. The van der Waals surface area contributed by atoms with E-state index in [4.69, 9.17) is 0 Å². The second kappa shape index (κ2) is 6.98. The summed E-state index contributed by atoms with van der Waals surface area (Å²) in [5, 5.41) is 3.74. The normalized spacial score (nSPS) is 24.1. The average Bonchev–Trinajstić information content (AvgIpc) is 2.43. The van der Waals surface area contributed by atoms with E-state index < -0.39 is 0 Å². The molecule has 3 nitrogen and oxygen atoms in total. The van der Waals surface area contributed by atoms with Crippen LogP contribution in [0, 0.1) is 0 Å². The molecule has 1 aliphatic rings. The molecule has 2 atom stereocenters. The summed E-state index contributed by atoms with van der Waals surface area (Å²) in [6, 6.07) is 10.0. The molecule has 0 bridgehead atoms. The molecule has 1 fully saturated rings. The van der Waals surface area contributed by atoms with Gasteiger partial charge in [0, 0.05) is 39.3 Å². The van der Waals surface area contributed by atoms with E-state index in [-0.39, 0.29) is 0 Å². The van der Waals surface area contributed by atoms with Crippen LogP contribution in [0.3, 0.4) is 0 Å². The average molecular weight is 275 g/mol. The van der Waals surface area contributed by atoms with Gasteiger partial charge in [0.1, 0.15) is 0 Å². The van der Waals surface area contributed by atoms with Crippen LogP contribution in [-0.4, -0.2) is 39.3 Å². The number of para-hydroxylation sites is 2. The zero-order chi connectivity index (χ0) is 14.5. The molecule has 0 saturated carbocycles. The lowest BCUT2D eigenvalue weighted by Crippen LogP contribution is -2.44. The van der Waals surface area contributed by atoms with Crippen LogP contribution in [0.2, 0.25) is 0 Å². The van der Waals surface area contributed by atoms with Crippen LogP contribution >= 0.6 is 0 Å². The Morgan fingerprint density at radius 3 is 2.60 bits per heavy atom. The van der Waals surface area contributed by atoms with Crippen LogP contribution in [-0.2, 0) is 0 Å². The minimum atomic E-state index is 0.606. The van der Waals surface area contributed by atoms with Gasteiger partial charge in [0.25, 0.3) is 0 Å². The van der Waals surface area contributed by atoms with Crippen molar-refractivity contribution in [3.8, 4) is 0 Å². The molecule has 0 spiro atoms. The van der Waals surface area contributed by atoms with E-state index in [9.17, 15) is 0 Å². The van der Waals surface area contributed by atoms with Gasteiger partial charge in [-0.2, -0.15) is 0 Å². The Hall–Kier alpha value is -1.22. The van der Waals surface area contributed by atoms with Crippen LogP contribution in [0.1, 0.15) is 33.1 Å². The molecule has 2 unspecified atom stereocenters. The Balaban J connectivity index is 2.18. The monoisotopic (exact) mass is 275 g/mol. The summed E-state index contributed by atoms with van der Waals surface area (Å²) in [5.41, 5.74) is 2.70. The summed E-state index contributed by atoms with van der Waals surface area (Å²) in [6.07, 6.45) is 3.65. The third kappa shape index (κ3) is 3.66. The van der Waals surface area contributed by atoms with Gasteiger partial charge in [0.15, 0.2) is 0 Å². The lowest BCUT2D eigenvalue weighted by molar-refractivity contribution is 0.378. The largest absolute Gasteiger partial charge is 0.376 e. The molecule has 0 radical (unpaired) electrons. The Morgan fingerprint density at radius 2 is 1.90 bits per heavy atom. The standard InChI is InChI=1S/C17H29N3/c1-5-15-11-13-20(12-10-14(2)18-15)17-9-7-6-8-16(17)19(3)4/h6-9,14-15,18H,5,10-13H2,1-4H3. The Bertz CT molecular complexity index is 416. The highest BCUT2D eigenvalue weighted by Crippen LogP contribution is 2.29. The van der Waals surface area contributed by atoms with E-state index in [1.165, 1.54) is 30.6 Å². The maximum atomic E-state index is 3.74. The fraction of sp³-hybridized carbons (Fsp3) is 0.647. The molecule has 2 rings (SSSR count). The molecule has 0 aliphatic carbocycles. The van der Waals surface area contributed by atoms with E-state index in [0.29, 0.717) is 12.1 Å². The van der Waals surface area contributed by atoms with Crippen LogP contribution in [0.25, 0.3) is 0 Å². The molecular weight excluding hydrogens is 246 g/mol. The highest BCUT2D eigenvalue weighted by Gasteiger charge is 2.19. The number of rotatable bonds is 3. The number of benzene rings is 1. The van der Waals surface area contributed by atoms with Gasteiger partial charge in [-0.1, -0.05) is 19.1 Å². The lowest BCUT2D eigenvalue weighted by atomic mass is 10.0. The number of nitrogens with zero attached hydrogens (tertiary/aromatic N) is 2. The van der Waals surface area contributed by atoms with Gasteiger partial charge in [-0.15, -0.1) is 0 Å². The van der Waals surface area contributed by atoms with Gasteiger partial charge >= 0.3 is 0 Å². The summed E-state index contributed by atoms with van der Waals surface area (Å²) >= 11 is 0. The Kier molecular flexibility index (Phi) is 5.30. The fourth-order valence-electron chi connectivity index (χ4n) is 3.01. The van der Waals surface area contributed by atoms with Gasteiger partial charge in [0.2, 0.25) is 0 Å². The molecule has 1 aromatic carbocycles. The molecular formula is C17H29N3. The maximum absolute atomic E-state index is 3.74. The fourth-order valence-corrected chi connectivity index (χ4v) is 3.01. The highest BCUT2D eigenvalue weighted by atomic mass is 15.2. The predicted octanol–water partition coefficient (Wildman–Crippen LogP) is 3.11. The van der Waals surface area contributed by atoms with Gasteiger partial charge in [-0.3, -0.25) is 0 Å². The Labute approximate surface area is 124 Å². The first-order valence-electron chi connectivity index (χ1n) is 7.89. The lowest BCUT2D eigenvalue weighted by Gasteiger charge is -2.35. The molecule has 1 aromatic rings. The van der Waals surface area contributed by atoms with E-state index in [1.54, 1.807) is 0 Å². The zero-order valence-corrected chi connectivity index (χ0v) is 13.4. The first-order valence-corrected chi connectivity index (χ1v) is 7.89. The first-order chi connectivity index (χ1) is 9.61. The quantitative estimate of drug-likeness (QED) is 0.914. The van der Waals surface area contributed by atoms with E-state index in [2.05, 4.69) is 67.3 Å². The molecule has 1 saturated heterocycles. The highest BCUT2D eigenvalue weighted by molar-refractivity contribution is 5.70. The third-order valence-corrected chi connectivity index (χ3v) is 4.30. The molecule has 112 valence electrons. The van der Waals surface area contributed by atoms with Crippen molar-refractivity contribution in [1.82, 2.24) is 5.32 Å². The van der Waals surface area contributed by atoms with E-state index in [0.717, 1.165) is 13.1 Å². The van der Waals surface area contributed by atoms with Crippen molar-refractivity contribution in [2.24, 2.45) is 0 Å². The zero-order valence-electron chi connectivity index (χ0n) is 13.4. The van der Waals surface area contributed by atoms with Crippen molar-refractivity contribution in [3.05, 3.63) is 24.3 Å². The van der Waals surface area contributed by atoms with Gasteiger partial charge in [0.05, 0.1) is 11.4 Å². The smallest absolute Gasteiger partial charge is 0.0603 e. The van der Waals surface area contributed by atoms with Crippen molar-refractivity contribution in [2.45, 2.75) is 45.2 Å². The summed E-state index contributed by atoms with van der Waals surface area (Å²) in [7, 11) is 4.25. The minimum Gasteiger partial charge on any atom is -0.376 e. The second-order valence-corrected chi connectivity index (χ2v) is 6.12. The van der Waals surface area contributed by atoms with Crippen LogP contribution in [0.15, 0.2) is 24.3 Å². The Morgan fingerprint density at radius 1 is 1.20 bits per heavy atom. The molecule has 1 heterocycles. The summed E-state index contributed by atoms with van der Waals surface area (Å²) in [5.74, 6) is 0. The van der Waals surface area contributed by atoms with E-state index in [1.807, 2.05) is 0 Å². The molecule has 1 N–H and O–H groups in total. The van der Waals surface area contributed by atoms with Crippen LogP contribution < -0.4 is 15.1 Å². The van der Waals surface area contributed by atoms with Crippen molar-refractivity contribution >= 4 is 11.4 Å². The topological polar surface area (TPSA) is 18.5 Å². The van der Waals surface area contributed by atoms with Gasteiger partial charge < -0.3 is 15.1 Å². The first kappa shape index (κ1) is 15.2. The summed E-state index contributed by atoms with van der Waals surface area (Å²) < 4.78 is 0. The molecule has 0 amide bonds.